The van der Waals surface area contributed by atoms with Crippen molar-refractivity contribution in [2.75, 3.05) is 0 Å². The molecule has 0 fully saturated rings. The average molecular weight is 209 g/mol. The van der Waals surface area contributed by atoms with Crippen LogP contribution in [-0.2, 0) is 7.05 Å². The van der Waals surface area contributed by atoms with Crippen LogP contribution in [-0.4, -0.2) is 9.78 Å². The van der Waals surface area contributed by atoms with Crippen LogP contribution in [0.25, 0.3) is 11.1 Å². The molecular formula is C10H9ClN2O. The van der Waals surface area contributed by atoms with E-state index in [0.717, 1.165) is 5.56 Å². The number of rotatable bonds is 1. The number of hydrogen-bond acceptors (Lipinski definition) is 1. The minimum absolute atomic E-state index is 0.102. The van der Waals surface area contributed by atoms with E-state index in [1.807, 2.05) is 12.1 Å². The fraction of sp³-hybridized carbons (Fsp3) is 0.100. The largest absolute Gasteiger partial charge is 0.295 e. The number of aromatic amines is 1. The smallest absolute Gasteiger partial charge is 0.271 e. The maximum atomic E-state index is 11.4. The molecule has 0 saturated heterocycles. The van der Waals surface area contributed by atoms with Crippen LogP contribution >= 0.6 is 11.6 Å². The molecule has 1 N–H and O–H groups in total. The van der Waals surface area contributed by atoms with E-state index in [1.54, 1.807) is 30.1 Å². The highest BCUT2D eigenvalue weighted by atomic mass is 35.5. The van der Waals surface area contributed by atoms with Gasteiger partial charge in [-0.25, -0.2) is 0 Å². The van der Waals surface area contributed by atoms with Gasteiger partial charge < -0.3 is 0 Å². The van der Waals surface area contributed by atoms with Gasteiger partial charge in [-0.2, -0.15) is 0 Å². The molecule has 4 heteroatoms. The highest BCUT2D eigenvalue weighted by Crippen LogP contribution is 2.19. The molecule has 72 valence electrons. The zero-order valence-electron chi connectivity index (χ0n) is 7.62. The van der Waals surface area contributed by atoms with E-state index in [-0.39, 0.29) is 5.56 Å². The molecule has 0 bridgehead atoms. The second kappa shape index (κ2) is 3.35. The lowest BCUT2D eigenvalue weighted by Crippen LogP contribution is -2.03. The van der Waals surface area contributed by atoms with Crippen molar-refractivity contribution >= 4 is 11.6 Å². The fourth-order valence-corrected chi connectivity index (χ4v) is 1.56. The van der Waals surface area contributed by atoms with E-state index in [0.29, 0.717) is 10.6 Å². The summed E-state index contributed by atoms with van der Waals surface area (Å²) in [5.41, 5.74) is 1.36. The third kappa shape index (κ3) is 1.59. The number of benzene rings is 1. The molecular weight excluding hydrogens is 200 g/mol. The first-order valence-corrected chi connectivity index (χ1v) is 4.56. The number of nitrogens with one attached hydrogen (secondary N) is 1. The Labute approximate surface area is 85.9 Å². The lowest BCUT2D eigenvalue weighted by molar-refractivity contribution is 0.756. The van der Waals surface area contributed by atoms with E-state index in [2.05, 4.69) is 5.10 Å². The van der Waals surface area contributed by atoms with Crippen LogP contribution in [0, 0.1) is 0 Å². The highest BCUT2D eigenvalue weighted by Gasteiger charge is 2.04. The van der Waals surface area contributed by atoms with Crippen molar-refractivity contribution < 1.29 is 0 Å². The van der Waals surface area contributed by atoms with E-state index < -0.39 is 0 Å². The van der Waals surface area contributed by atoms with Gasteiger partial charge in [0.25, 0.3) is 5.56 Å². The van der Waals surface area contributed by atoms with Gasteiger partial charge in [0.15, 0.2) is 0 Å². The molecule has 0 spiro atoms. The van der Waals surface area contributed by atoms with Crippen molar-refractivity contribution in [2.45, 2.75) is 0 Å². The minimum atomic E-state index is -0.102. The van der Waals surface area contributed by atoms with Gasteiger partial charge in [0.05, 0.1) is 5.56 Å². The Kier molecular flexibility index (Phi) is 2.17. The van der Waals surface area contributed by atoms with Crippen molar-refractivity contribution in [1.82, 2.24) is 9.78 Å². The average Bonchev–Trinajstić information content (AvgIpc) is 2.45. The standard InChI is InChI=1S/C10H9ClN2O/c1-13-6-9(10(14)12-13)7-3-2-4-8(11)5-7/h2-6H,1H3,(H,12,14). The monoisotopic (exact) mass is 208 g/mol. The molecule has 14 heavy (non-hydrogen) atoms. The quantitative estimate of drug-likeness (QED) is 0.765. The van der Waals surface area contributed by atoms with Crippen LogP contribution in [0.2, 0.25) is 5.02 Å². The maximum absolute atomic E-state index is 11.4. The Morgan fingerprint density at radius 1 is 1.43 bits per heavy atom. The molecule has 1 aromatic heterocycles. The zero-order valence-corrected chi connectivity index (χ0v) is 8.38. The van der Waals surface area contributed by atoms with Crippen LogP contribution in [0.1, 0.15) is 0 Å². The highest BCUT2D eigenvalue weighted by molar-refractivity contribution is 6.30. The Morgan fingerprint density at radius 3 is 2.79 bits per heavy atom. The summed E-state index contributed by atoms with van der Waals surface area (Å²) in [6.45, 7) is 0. The summed E-state index contributed by atoms with van der Waals surface area (Å²) in [6, 6.07) is 7.23. The molecule has 0 aliphatic heterocycles. The number of halogens is 1. The van der Waals surface area contributed by atoms with Crippen LogP contribution in [0.15, 0.2) is 35.3 Å². The molecule has 1 aromatic carbocycles. The van der Waals surface area contributed by atoms with Crippen LogP contribution in [0.3, 0.4) is 0 Å². The second-order valence-corrected chi connectivity index (χ2v) is 3.54. The SMILES string of the molecule is Cn1cc(-c2cccc(Cl)c2)c(=O)[nH]1. The summed E-state index contributed by atoms with van der Waals surface area (Å²) in [4.78, 5) is 11.4. The third-order valence-electron chi connectivity index (χ3n) is 1.98. The summed E-state index contributed by atoms with van der Waals surface area (Å²) >= 11 is 5.83. The van der Waals surface area contributed by atoms with Gasteiger partial charge in [-0.15, -0.1) is 0 Å². The summed E-state index contributed by atoms with van der Waals surface area (Å²) in [7, 11) is 1.77. The van der Waals surface area contributed by atoms with Gasteiger partial charge in [-0.3, -0.25) is 14.6 Å². The van der Waals surface area contributed by atoms with E-state index in [1.165, 1.54) is 0 Å². The first-order valence-electron chi connectivity index (χ1n) is 4.18. The predicted molar refractivity (Wildman–Crippen MR) is 56.5 cm³/mol. The maximum Gasteiger partial charge on any atom is 0.271 e. The minimum Gasteiger partial charge on any atom is -0.295 e. The van der Waals surface area contributed by atoms with E-state index >= 15 is 0 Å². The molecule has 2 aromatic rings. The topological polar surface area (TPSA) is 37.8 Å². The van der Waals surface area contributed by atoms with Crippen LogP contribution in [0.4, 0.5) is 0 Å². The number of nitrogens with zero attached hydrogens (tertiary/aromatic N) is 1. The molecule has 0 saturated carbocycles. The predicted octanol–water partition coefficient (Wildman–Crippen LogP) is 2.03. The number of aryl methyl sites for hydroxylation is 1. The fourth-order valence-electron chi connectivity index (χ4n) is 1.37. The van der Waals surface area contributed by atoms with Gasteiger partial charge in [0.2, 0.25) is 0 Å². The van der Waals surface area contributed by atoms with E-state index in [9.17, 15) is 4.79 Å². The summed E-state index contributed by atoms with van der Waals surface area (Å²) < 4.78 is 1.62. The normalized spacial score (nSPS) is 10.4. The molecule has 0 amide bonds. The van der Waals surface area contributed by atoms with Gasteiger partial charge in [0, 0.05) is 18.3 Å². The molecule has 1 heterocycles. The van der Waals surface area contributed by atoms with Crippen molar-refractivity contribution in [1.29, 1.82) is 0 Å². The van der Waals surface area contributed by atoms with Gasteiger partial charge in [0.1, 0.15) is 0 Å². The Hall–Kier alpha value is -1.48. The van der Waals surface area contributed by atoms with Crippen LogP contribution in [0.5, 0.6) is 0 Å². The summed E-state index contributed by atoms with van der Waals surface area (Å²) in [5, 5.41) is 3.27. The molecule has 0 aliphatic rings. The summed E-state index contributed by atoms with van der Waals surface area (Å²) in [6.07, 6.45) is 1.74. The molecule has 0 atom stereocenters. The molecule has 3 nitrogen and oxygen atoms in total. The Bertz CT molecular complexity index is 513. The van der Waals surface area contributed by atoms with Crippen molar-refractivity contribution in [3.05, 3.63) is 45.8 Å². The lowest BCUT2D eigenvalue weighted by atomic mass is 10.1. The Balaban J connectivity index is 2.60. The molecule has 2 rings (SSSR count). The molecule has 0 radical (unpaired) electrons. The first kappa shape index (κ1) is 9.09. The second-order valence-electron chi connectivity index (χ2n) is 3.10. The first-order chi connectivity index (χ1) is 6.66. The number of hydrogen-bond donors (Lipinski definition) is 1. The lowest BCUT2D eigenvalue weighted by Gasteiger charge is -1.95. The van der Waals surface area contributed by atoms with Gasteiger partial charge in [-0.1, -0.05) is 23.7 Å². The summed E-state index contributed by atoms with van der Waals surface area (Å²) in [5.74, 6) is 0. The van der Waals surface area contributed by atoms with Crippen LogP contribution < -0.4 is 5.56 Å². The zero-order chi connectivity index (χ0) is 10.1. The van der Waals surface area contributed by atoms with Crippen molar-refractivity contribution in [2.24, 2.45) is 7.05 Å². The van der Waals surface area contributed by atoms with Gasteiger partial charge >= 0.3 is 0 Å². The van der Waals surface area contributed by atoms with Crippen molar-refractivity contribution in [3.63, 3.8) is 0 Å². The van der Waals surface area contributed by atoms with Gasteiger partial charge in [-0.05, 0) is 17.7 Å². The molecule has 0 aliphatic carbocycles. The third-order valence-corrected chi connectivity index (χ3v) is 2.22. The van der Waals surface area contributed by atoms with Crippen molar-refractivity contribution in [3.8, 4) is 11.1 Å². The van der Waals surface area contributed by atoms with E-state index in [4.69, 9.17) is 11.6 Å². The number of H-pyrrole nitrogens is 1. The Morgan fingerprint density at radius 2 is 2.21 bits per heavy atom. The molecule has 0 unspecified atom stereocenters. The number of aromatic nitrogens is 2.